The van der Waals surface area contributed by atoms with Gasteiger partial charge in [0.15, 0.2) is 0 Å². The lowest BCUT2D eigenvalue weighted by atomic mass is 9.74. The van der Waals surface area contributed by atoms with Crippen LogP contribution >= 0.6 is 11.6 Å². The molecule has 0 fully saturated rings. The van der Waals surface area contributed by atoms with Gasteiger partial charge in [0.25, 0.3) is 0 Å². The van der Waals surface area contributed by atoms with Crippen LogP contribution in [0.3, 0.4) is 0 Å². The van der Waals surface area contributed by atoms with E-state index in [0.29, 0.717) is 5.56 Å². The molecular weight excluding hydrogens is 319 g/mol. The van der Waals surface area contributed by atoms with Gasteiger partial charge < -0.3 is 10.8 Å². The highest BCUT2D eigenvalue weighted by atomic mass is 35.5. The summed E-state index contributed by atoms with van der Waals surface area (Å²) in [5, 5.41) is 10.3. The predicted octanol–water partition coefficient (Wildman–Crippen LogP) is 2.81. The normalized spacial score (nSPS) is 24.0. The fourth-order valence-electron chi connectivity index (χ4n) is 2.86. The van der Waals surface area contributed by atoms with Crippen molar-refractivity contribution in [3.05, 3.63) is 65.5 Å². The number of alkyl halides is 1. The van der Waals surface area contributed by atoms with Gasteiger partial charge in [-0.15, -0.1) is 11.6 Å². The maximum atomic E-state index is 14.0. The lowest BCUT2D eigenvalue weighted by molar-refractivity contribution is -0.127. The van der Waals surface area contributed by atoms with Crippen LogP contribution in [-0.2, 0) is 10.4 Å². The molecule has 3 atom stereocenters. The number of fused-ring (bicyclic) bond motifs is 1. The minimum Gasteiger partial charge on any atom is -0.382 e. The van der Waals surface area contributed by atoms with E-state index in [1.165, 1.54) is 18.2 Å². The van der Waals surface area contributed by atoms with Crippen molar-refractivity contribution in [1.82, 2.24) is 0 Å². The second kappa shape index (κ2) is 5.76. The zero-order valence-corrected chi connectivity index (χ0v) is 12.7. The maximum absolute atomic E-state index is 14.0. The van der Waals surface area contributed by atoms with E-state index in [9.17, 15) is 14.3 Å². The molecule has 23 heavy (non-hydrogen) atoms. The largest absolute Gasteiger partial charge is 0.382 e. The van der Waals surface area contributed by atoms with Crippen LogP contribution in [0.2, 0.25) is 0 Å². The minimum absolute atomic E-state index is 0.0333. The van der Waals surface area contributed by atoms with Gasteiger partial charge in [-0.3, -0.25) is 9.79 Å². The standard InChI is InChI=1S/C17H14ClFN2O2/c18-15(10-5-2-1-3-6-10)17(23)11-7-4-8-13(19)14(11)21-9-12(17)16(20)22/h1-9,12,15,23H,(H2,20,22). The zero-order valence-electron chi connectivity index (χ0n) is 12.0. The molecule has 3 unspecified atom stereocenters. The van der Waals surface area contributed by atoms with E-state index in [0.717, 1.165) is 6.21 Å². The zero-order chi connectivity index (χ0) is 16.6. The first-order chi connectivity index (χ1) is 11.0. The number of aliphatic hydroxyl groups is 1. The third kappa shape index (κ3) is 2.42. The van der Waals surface area contributed by atoms with Gasteiger partial charge >= 0.3 is 0 Å². The van der Waals surface area contributed by atoms with Crippen molar-refractivity contribution in [2.24, 2.45) is 16.6 Å². The summed E-state index contributed by atoms with van der Waals surface area (Å²) >= 11 is 6.50. The lowest BCUT2D eigenvalue weighted by Crippen LogP contribution is -2.48. The van der Waals surface area contributed by atoms with Crippen molar-refractivity contribution in [1.29, 1.82) is 0 Å². The Labute approximate surface area is 137 Å². The molecule has 1 heterocycles. The van der Waals surface area contributed by atoms with E-state index in [2.05, 4.69) is 4.99 Å². The Morgan fingerprint density at radius 3 is 2.61 bits per heavy atom. The van der Waals surface area contributed by atoms with E-state index in [1.807, 2.05) is 0 Å². The molecule has 0 bridgehead atoms. The number of aliphatic imine (C=N–C) groups is 1. The molecule has 0 radical (unpaired) electrons. The molecule has 1 amide bonds. The first kappa shape index (κ1) is 15.6. The summed E-state index contributed by atoms with van der Waals surface area (Å²) < 4.78 is 14.0. The first-order valence-electron chi connectivity index (χ1n) is 7.00. The van der Waals surface area contributed by atoms with Gasteiger partial charge in [-0.25, -0.2) is 4.39 Å². The number of hydrogen-bond acceptors (Lipinski definition) is 3. The Kier molecular flexibility index (Phi) is 3.92. The van der Waals surface area contributed by atoms with Crippen LogP contribution in [-0.4, -0.2) is 17.2 Å². The monoisotopic (exact) mass is 332 g/mol. The smallest absolute Gasteiger partial charge is 0.229 e. The van der Waals surface area contributed by atoms with Gasteiger partial charge in [-0.05, 0) is 11.6 Å². The first-order valence-corrected chi connectivity index (χ1v) is 7.43. The van der Waals surface area contributed by atoms with Crippen LogP contribution < -0.4 is 5.73 Å². The Bertz CT molecular complexity index is 781. The number of primary amides is 1. The SMILES string of the molecule is NC(=O)C1C=Nc2c(F)cccc2C1(O)C(Cl)c1ccccc1. The van der Waals surface area contributed by atoms with E-state index in [4.69, 9.17) is 17.3 Å². The molecular formula is C17H14ClFN2O2. The highest BCUT2D eigenvalue weighted by Gasteiger charge is 2.51. The van der Waals surface area contributed by atoms with E-state index in [-0.39, 0.29) is 11.3 Å². The Hall–Kier alpha value is -2.24. The number of rotatable bonds is 3. The predicted molar refractivity (Wildman–Crippen MR) is 86.2 cm³/mol. The molecule has 3 rings (SSSR count). The molecule has 0 aliphatic carbocycles. The summed E-state index contributed by atoms with van der Waals surface area (Å²) in [5.41, 5.74) is 4.22. The van der Waals surface area contributed by atoms with Gasteiger partial charge in [0.1, 0.15) is 23.0 Å². The molecule has 0 saturated heterocycles. The van der Waals surface area contributed by atoms with Crippen LogP contribution in [0.1, 0.15) is 16.5 Å². The third-order valence-electron chi connectivity index (χ3n) is 4.03. The average Bonchev–Trinajstić information content (AvgIpc) is 2.55. The van der Waals surface area contributed by atoms with E-state index in [1.54, 1.807) is 30.3 Å². The molecule has 4 nitrogen and oxygen atoms in total. The second-order valence-corrected chi connectivity index (χ2v) is 5.83. The summed E-state index contributed by atoms with van der Waals surface area (Å²) in [6, 6.07) is 12.9. The van der Waals surface area contributed by atoms with Crippen molar-refractivity contribution in [2.45, 2.75) is 11.0 Å². The van der Waals surface area contributed by atoms with Crippen LogP contribution in [0.15, 0.2) is 53.5 Å². The molecule has 2 aromatic carbocycles. The Morgan fingerprint density at radius 2 is 1.96 bits per heavy atom. The van der Waals surface area contributed by atoms with Gasteiger partial charge in [-0.1, -0.05) is 42.5 Å². The number of nitrogens with zero attached hydrogens (tertiary/aromatic N) is 1. The van der Waals surface area contributed by atoms with Gasteiger partial charge in [0, 0.05) is 11.8 Å². The average molecular weight is 333 g/mol. The highest BCUT2D eigenvalue weighted by molar-refractivity contribution is 6.22. The van der Waals surface area contributed by atoms with Crippen molar-refractivity contribution >= 4 is 29.4 Å². The highest BCUT2D eigenvalue weighted by Crippen LogP contribution is 2.50. The quantitative estimate of drug-likeness (QED) is 0.848. The Balaban J connectivity index is 2.22. The van der Waals surface area contributed by atoms with Crippen LogP contribution in [0.4, 0.5) is 10.1 Å². The Morgan fingerprint density at radius 1 is 1.26 bits per heavy atom. The summed E-state index contributed by atoms with van der Waals surface area (Å²) in [6.07, 6.45) is 1.16. The number of amides is 1. The van der Waals surface area contributed by atoms with Crippen LogP contribution in [0.25, 0.3) is 0 Å². The molecule has 0 aromatic heterocycles. The van der Waals surface area contributed by atoms with Gasteiger partial charge in [-0.2, -0.15) is 0 Å². The molecule has 118 valence electrons. The number of carbonyl (C=O) groups is 1. The molecule has 0 saturated carbocycles. The number of nitrogens with two attached hydrogens (primary N) is 1. The molecule has 0 spiro atoms. The molecule has 1 aliphatic heterocycles. The molecule has 6 heteroatoms. The van der Waals surface area contributed by atoms with Crippen molar-refractivity contribution in [3.63, 3.8) is 0 Å². The minimum atomic E-state index is -1.89. The molecule has 3 N–H and O–H groups in total. The maximum Gasteiger partial charge on any atom is 0.229 e. The van der Waals surface area contributed by atoms with Crippen molar-refractivity contribution in [3.8, 4) is 0 Å². The number of para-hydroxylation sites is 1. The van der Waals surface area contributed by atoms with E-state index < -0.39 is 28.6 Å². The lowest BCUT2D eigenvalue weighted by Gasteiger charge is -2.39. The van der Waals surface area contributed by atoms with Gasteiger partial charge in [0.05, 0.1) is 5.38 Å². The fraction of sp³-hybridized carbons (Fsp3) is 0.176. The summed E-state index contributed by atoms with van der Waals surface area (Å²) in [4.78, 5) is 15.8. The van der Waals surface area contributed by atoms with Crippen LogP contribution in [0.5, 0.6) is 0 Å². The van der Waals surface area contributed by atoms with Crippen molar-refractivity contribution < 1.29 is 14.3 Å². The fourth-order valence-corrected chi connectivity index (χ4v) is 3.26. The summed E-state index contributed by atoms with van der Waals surface area (Å²) in [7, 11) is 0. The summed E-state index contributed by atoms with van der Waals surface area (Å²) in [6.45, 7) is 0. The second-order valence-electron chi connectivity index (χ2n) is 5.39. The van der Waals surface area contributed by atoms with Gasteiger partial charge in [0.2, 0.25) is 5.91 Å². The topological polar surface area (TPSA) is 75.7 Å². The molecule has 1 aliphatic rings. The number of benzene rings is 2. The van der Waals surface area contributed by atoms with Crippen molar-refractivity contribution in [2.75, 3.05) is 0 Å². The number of hydrogen-bond donors (Lipinski definition) is 2. The third-order valence-corrected chi connectivity index (χ3v) is 4.61. The van der Waals surface area contributed by atoms with E-state index >= 15 is 0 Å². The number of carbonyl (C=O) groups excluding carboxylic acids is 1. The molecule has 2 aromatic rings. The number of halogens is 2. The summed E-state index contributed by atoms with van der Waals surface area (Å²) in [5.74, 6) is -2.55. The van der Waals surface area contributed by atoms with Crippen LogP contribution in [0, 0.1) is 11.7 Å².